The first-order valence-corrected chi connectivity index (χ1v) is 5.95. The average Bonchev–Trinajstić information content (AvgIpc) is 2.42. The van der Waals surface area contributed by atoms with Gasteiger partial charge in [0.25, 0.3) is 0 Å². The second kappa shape index (κ2) is 7.71. The maximum absolute atomic E-state index is 5.88. The maximum atomic E-state index is 5.88. The van der Waals surface area contributed by atoms with Gasteiger partial charge in [0.2, 0.25) is 0 Å². The molecule has 0 amide bonds. The van der Waals surface area contributed by atoms with Gasteiger partial charge in [0.1, 0.15) is 22.8 Å². The van der Waals surface area contributed by atoms with Crippen molar-refractivity contribution < 1.29 is 16.8 Å². The number of pyridine rings is 2. The number of nitrogen functional groups attached to an aromatic ring is 1. The number of aromatic nitrogens is 2. The molecule has 0 aliphatic rings. The van der Waals surface area contributed by atoms with Crippen molar-refractivity contribution in [3.63, 3.8) is 0 Å². The smallest absolute Gasteiger partial charge is 0.128 e. The van der Waals surface area contributed by atoms with Gasteiger partial charge >= 0.3 is 0 Å². The summed E-state index contributed by atoms with van der Waals surface area (Å²) in [6.45, 7) is 0. The Bertz CT molecular complexity index is 722. The summed E-state index contributed by atoms with van der Waals surface area (Å²) in [5, 5.41) is 4.57. The normalized spacial score (nSPS) is 8.80. The molecule has 0 spiro atoms. The molecule has 0 fully saturated rings. The Balaban J connectivity index is 0.00000200. The summed E-state index contributed by atoms with van der Waals surface area (Å²) in [6.07, 6.45) is 3.19. The Morgan fingerprint density at radius 1 is 1.00 bits per heavy atom. The molecular weight excluding hydrogens is 337 g/mol. The van der Waals surface area contributed by atoms with Gasteiger partial charge in [-0.2, -0.15) is 9.98 Å². The molecule has 1 radical (unpaired) electrons. The molecule has 2 heterocycles. The molecule has 2 aromatic heterocycles. The molecule has 2 aromatic rings. The second-order valence-electron chi connectivity index (χ2n) is 3.37. The third-order valence-electron chi connectivity index (χ3n) is 2.29. The van der Waals surface area contributed by atoms with Gasteiger partial charge in [0.15, 0.2) is 0 Å². The minimum absolute atomic E-state index is 0. The van der Waals surface area contributed by atoms with Crippen molar-refractivity contribution in [3.8, 4) is 11.4 Å². The van der Waals surface area contributed by atoms with Gasteiger partial charge in [-0.3, -0.25) is 9.97 Å². The Morgan fingerprint density at radius 3 is 2.35 bits per heavy atom. The number of thiocarbonyl (C=S) groups is 2. The molecule has 0 bridgehead atoms. The van der Waals surface area contributed by atoms with Gasteiger partial charge in [-0.15, -0.1) is 0 Å². The number of aliphatic imine (C=N–C) groups is 2. The fourth-order valence-electron chi connectivity index (χ4n) is 1.53. The first-order valence-electron chi connectivity index (χ1n) is 5.13. The minimum atomic E-state index is 0. The van der Waals surface area contributed by atoms with E-state index in [2.05, 4.69) is 54.7 Å². The summed E-state index contributed by atoms with van der Waals surface area (Å²) < 4.78 is 0. The van der Waals surface area contributed by atoms with Crippen LogP contribution in [0.15, 0.2) is 40.6 Å². The molecular formula is C12H7CoN5S2. The number of isothiocyanates is 2. The van der Waals surface area contributed by atoms with Gasteiger partial charge in [-0.05, 0) is 42.6 Å². The molecule has 0 atom stereocenters. The van der Waals surface area contributed by atoms with E-state index in [9.17, 15) is 0 Å². The molecule has 0 unspecified atom stereocenters. The average molecular weight is 344 g/mol. The quantitative estimate of drug-likeness (QED) is 0.683. The summed E-state index contributed by atoms with van der Waals surface area (Å²) in [5.41, 5.74) is 8.26. The van der Waals surface area contributed by atoms with Gasteiger partial charge in [0.05, 0.1) is 16.0 Å². The summed E-state index contributed by atoms with van der Waals surface area (Å²) in [6, 6.07) is 5.11. The van der Waals surface area contributed by atoms with Gasteiger partial charge < -0.3 is 5.73 Å². The molecule has 5 nitrogen and oxygen atoms in total. The third kappa shape index (κ3) is 3.40. The van der Waals surface area contributed by atoms with Crippen molar-refractivity contribution in [2.75, 3.05) is 5.73 Å². The summed E-state index contributed by atoms with van der Waals surface area (Å²) in [4.78, 5) is 16.3. The van der Waals surface area contributed by atoms with Crippen LogP contribution in [0.2, 0.25) is 0 Å². The fraction of sp³-hybridized carbons (Fsp3) is 0. The Kier molecular flexibility index (Phi) is 6.27. The molecule has 0 saturated carbocycles. The van der Waals surface area contributed by atoms with E-state index in [4.69, 9.17) is 5.73 Å². The standard InChI is InChI=1S/C12H7N5S2.Co/c13-8-2-1-4-14-10(8)12-11(17-7-19)9(16-6-18)3-5-15-12;/h1-5H,13H2;. The summed E-state index contributed by atoms with van der Waals surface area (Å²) in [7, 11) is 0. The van der Waals surface area contributed by atoms with Crippen LogP contribution in [0, 0.1) is 0 Å². The molecule has 2 N–H and O–H groups in total. The zero-order valence-electron chi connectivity index (χ0n) is 9.90. The van der Waals surface area contributed by atoms with Crippen LogP contribution in [0.25, 0.3) is 11.4 Å². The molecule has 0 saturated heterocycles. The molecule has 20 heavy (non-hydrogen) atoms. The van der Waals surface area contributed by atoms with E-state index in [1.165, 1.54) is 0 Å². The Hall–Kier alpha value is -1.79. The molecule has 0 aliphatic heterocycles. The Morgan fingerprint density at radius 2 is 1.70 bits per heavy atom. The number of anilines is 1. The first-order chi connectivity index (χ1) is 9.27. The van der Waals surface area contributed by atoms with Crippen molar-refractivity contribution in [3.05, 3.63) is 30.6 Å². The van der Waals surface area contributed by atoms with Crippen molar-refractivity contribution in [2.24, 2.45) is 9.98 Å². The molecule has 0 aliphatic carbocycles. The largest absolute Gasteiger partial charge is 0.397 e. The maximum Gasteiger partial charge on any atom is 0.128 e. The van der Waals surface area contributed by atoms with Gasteiger partial charge in [-0.1, -0.05) is 0 Å². The number of nitrogens with two attached hydrogens (primary N) is 1. The molecule has 101 valence electrons. The molecule has 2 rings (SSSR count). The predicted octanol–water partition coefficient (Wildman–Crippen LogP) is 3.19. The zero-order valence-corrected chi connectivity index (χ0v) is 12.6. The van der Waals surface area contributed by atoms with Crippen LogP contribution < -0.4 is 5.73 Å². The zero-order chi connectivity index (χ0) is 13.7. The van der Waals surface area contributed by atoms with Crippen LogP contribution in [0.5, 0.6) is 0 Å². The van der Waals surface area contributed by atoms with E-state index in [-0.39, 0.29) is 16.8 Å². The van der Waals surface area contributed by atoms with Gasteiger partial charge in [-0.25, -0.2) is 0 Å². The van der Waals surface area contributed by atoms with E-state index >= 15 is 0 Å². The fourth-order valence-corrected chi connectivity index (χ4v) is 1.72. The van der Waals surface area contributed by atoms with Gasteiger partial charge in [0, 0.05) is 29.2 Å². The number of hydrogen-bond acceptors (Lipinski definition) is 7. The van der Waals surface area contributed by atoms with Crippen molar-refractivity contribution >= 4 is 51.8 Å². The van der Waals surface area contributed by atoms with E-state index < -0.39 is 0 Å². The number of hydrogen-bond donors (Lipinski definition) is 1. The SMILES string of the molecule is Nc1cccnc1-c1nccc(N=C=S)c1N=C=S.[Co]. The van der Waals surface area contributed by atoms with E-state index in [1.807, 2.05) is 0 Å². The summed E-state index contributed by atoms with van der Waals surface area (Å²) in [5.74, 6) is 0. The van der Waals surface area contributed by atoms with Crippen LogP contribution in [-0.2, 0) is 16.8 Å². The van der Waals surface area contributed by atoms with Crippen molar-refractivity contribution in [2.45, 2.75) is 0 Å². The Labute approximate surface area is 136 Å². The van der Waals surface area contributed by atoms with Crippen LogP contribution >= 0.6 is 24.4 Å². The molecule has 8 heteroatoms. The second-order valence-corrected chi connectivity index (χ2v) is 3.74. The van der Waals surface area contributed by atoms with E-state index in [0.717, 1.165) is 0 Å². The van der Waals surface area contributed by atoms with E-state index in [1.54, 1.807) is 30.6 Å². The third-order valence-corrected chi connectivity index (χ3v) is 2.47. The first kappa shape index (κ1) is 16.3. The van der Waals surface area contributed by atoms with Crippen LogP contribution in [0.1, 0.15) is 0 Å². The van der Waals surface area contributed by atoms with Crippen molar-refractivity contribution in [1.29, 1.82) is 0 Å². The monoisotopic (exact) mass is 344 g/mol. The van der Waals surface area contributed by atoms with Crippen LogP contribution in [0.3, 0.4) is 0 Å². The van der Waals surface area contributed by atoms with Crippen molar-refractivity contribution in [1.82, 2.24) is 9.97 Å². The molecule has 0 aromatic carbocycles. The number of rotatable bonds is 3. The predicted molar refractivity (Wildman–Crippen MR) is 81.3 cm³/mol. The van der Waals surface area contributed by atoms with Crippen LogP contribution in [0.4, 0.5) is 17.1 Å². The van der Waals surface area contributed by atoms with E-state index in [0.29, 0.717) is 28.5 Å². The topological polar surface area (TPSA) is 76.5 Å². The summed E-state index contributed by atoms with van der Waals surface area (Å²) >= 11 is 9.23. The number of nitrogens with zero attached hydrogens (tertiary/aromatic N) is 4. The minimum Gasteiger partial charge on any atom is -0.397 e. The van der Waals surface area contributed by atoms with Crippen LogP contribution in [-0.4, -0.2) is 20.3 Å².